The lowest BCUT2D eigenvalue weighted by molar-refractivity contribution is 0.117. The minimum absolute atomic E-state index is 0.187. The van der Waals surface area contributed by atoms with Crippen molar-refractivity contribution in [1.82, 2.24) is 0 Å². The Kier molecular flexibility index (Phi) is 5.17. The lowest BCUT2D eigenvalue weighted by Crippen LogP contribution is -2.26. The van der Waals surface area contributed by atoms with Crippen LogP contribution in [0.1, 0.15) is 11.1 Å². The lowest BCUT2D eigenvalue weighted by Gasteiger charge is -2.16. The van der Waals surface area contributed by atoms with E-state index in [0.717, 1.165) is 16.9 Å². The fraction of sp³-hybridized carbons (Fsp3) is 0.294. The van der Waals surface area contributed by atoms with Crippen LogP contribution in [0.4, 0.5) is 10.1 Å². The highest BCUT2D eigenvalue weighted by atomic mass is 19.1. The van der Waals surface area contributed by atoms with Crippen molar-refractivity contribution in [2.75, 3.05) is 18.5 Å². The van der Waals surface area contributed by atoms with Crippen LogP contribution in [0.2, 0.25) is 0 Å². The molecule has 0 aromatic heterocycles. The molecule has 21 heavy (non-hydrogen) atoms. The van der Waals surface area contributed by atoms with Gasteiger partial charge in [-0.1, -0.05) is 24.3 Å². The molecule has 0 fully saturated rings. The first-order valence-corrected chi connectivity index (χ1v) is 6.93. The van der Waals surface area contributed by atoms with E-state index in [0.29, 0.717) is 12.2 Å². The second-order valence-corrected chi connectivity index (χ2v) is 5.07. The highest BCUT2D eigenvalue weighted by molar-refractivity contribution is 5.50. The van der Waals surface area contributed by atoms with E-state index in [1.54, 1.807) is 6.07 Å². The molecule has 0 spiro atoms. The standard InChI is InChI=1S/C17H20FNO2/c1-12-7-8-14(18)9-16(12)19-10-15(20)11-21-17-6-4-3-5-13(17)2/h3-9,15,19-20H,10-11H2,1-2H3. The number of nitrogens with one attached hydrogen (secondary N) is 1. The maximum atomic E-state index is 13.2. The summed E-state index contributed by atoms with van der Waals surface area (Å²) in [7, 11) is 0. The molecule has 0 amide bonds. The number of anilines is 1. The minimum Gasteiger partial charge on any atom is -0.491 e. The summed E-state index contributed by atoms with van der Waals surface area (Å²) >= 11 is 0. The van der Waals surface area contributed by atoms with Gasteiger partial charge in [0.1, 0.15) is 24.3 Å². The van der Waals surface area contributed by atoms with Crippen molar-refractivity contribution in [1.29, 1.82) is 0 Å². The highest BCUT2D eigenvalue weighted by Gasteiger charge is 2.08. The van der Waals surface area contributed by atoms with Crippen molar-refractivity contribution in [3.63, 3.8) is 0 Å². The first-order valence-electron chi connectivity index (χ1n) is 6.93. The maximum Gasteiger partial charge on any atom is 0.125 e. The summed E-state index contributed by atoms with van der Waals surface area (Å²) in [6, 6.07) is 12.2. The van der Waals surface area contributed by atoms with Crippen molar-refractivity contribution >= 4 is 5.69 Å². The first kappa shape index (κ1) is 15.3. The van der Waals surface area contributed by atoms with Gasteiger partial charge in [-0.25, -0.2) is 4.39 Å². The molecule has 4 heteroatoms. The number of rotatable bonds is 6. The van der Waals surface area contributed by atoms with Gasteiger partial charge in [0.15, 0.2) is 0 Å². The summed E-state index contributed by atoms with van der Waals surface area (Å²) < 4.78 is 18.7. The number of aliphatic hydroxyl groups is 1. The molecule has 0 bridgehead atoms. The van der Waals surface area contributed by atoms with Gasteiger partial charge in [-0.3, -0.25) is 0 Å². The SMILES string of the molecule is Cc1ccc(F)cc1NCC(O)COc1ccccc1C. The van der Waals surface area contributed by atoms with E-state index in [2.05, 4.69) is 5.32 Å². The molecule has 0 aliphatic heterocycles. The van der Waals surface area contributed by atoms with Crippen molar-refractivity contribution in [3.05, 3.63) is 59.4 Å². The Morgan fingerprint density at radius 2 is 1.90 bits per heavy atom. The normalized spacial score (nSPS) is 12.0. The molecule has 3 nitrogen and oxygen atoms in total. The smallest absolute Gasteiger partial charge is 0.125 e. The minimum atomic E-state index is -0.674. The first-order chi connectivity index (χ1) is 10.1. The molecule has 2 aromatic carbocycles. The van der Waals surface area contributed by atoms with Gasteiger partial charge in [0.25, 0.3) is 0 Å². The van der Waals surface area contributed by atoms with Crippen LogP contribution in [0.5, 0.6) is 5.75 Å². The van der Waals surface area contributed by atoms with Gasteiger partial charge < -0.3 is 15.2 Å². The molecule has 0 aliphatic rings. The zero-order valence-electron chi connectivity index (χ0n) is 12.3. The Balaban J connectivity index is 1.84. The second kappa shape index (κ2) is 7.09. The molecular formula is C17H20FNO2. The summed E-state index contributed by atoms with van der Waals surface area (Å²) in [5.74, 6) is 0.465. The Morgan fingerprint density at radius 1 is 1.14 bits per heavy atom. The summed E-state index contributed by atoms with van der Waals surface area (Å²) in [5.41, 5.74) is 2.65. The van der Waals surface area contributed by atoms with Crippen LogP contribution < -0.4 is 10.1 Å². The molecular weight excluding hydrogens is 269 g/mol. The second-order valence-electron chi connectivity index (χ2n) is 5.07. The Bertz CT molecular complexity index is 601. The molecule has 2 aromatic rings. The van der Waals surface area contributed by atoms with Gasteiger partial charge >= 0.3 is 0 Å². The van der Waals surface area contributed by atoms with Crippen molar-refractivity contribution in [2.24, 2.45) is 0 Å². The topological polar surface area (TPSA) is 41.5 Å². The third-order valence-corrected chi connectivity index (χ3v) is 3.25. The number of aliphatic hydroxyl groups excluding tert-OH is 1. The van der Waals surface area contributed by atoms with E-state index in [9.17, 15) is 9.50 Å². The molecule has 112 valence electrons. The van der Waals surface area contributed by atoms with Gasteiger partial charge in [0.05, 0.1) is 0 Å². The van der Waals surface area contributed by atoms with Crippen molar-refractivity contribution in [3.8, 4) is 5.75 Å². The fourth-order valence-electron chi connectivity index (χ4n) is 1.98. The van der Waals surface area contributed by atoms with Gasteiger partial charge in [0.2, 0.25) is 0 Å². The zero-order valence-corrected chi connectivity index (χ0v) is 12.3. The molecule has 1 atom stereocenters. The summed E-state index contributed by atoms with van der Waals surface area (Å²) in [6.45, 7) is 4.33. The molecule has 2 N–H and O–H groups in total. The van der Waals surface area contributed by atoms with E-state index in [4.69, 9.17) is 4.74 Å². The van der Waals surface area contributed by atoms with Gasteiger partial charge in [-0.15, -0.1) is 0 Å². The van der Waals surface area contributed by atoms with Crippen molar-refractivity contribution < 1.29 is 14.2 Å². The van der Waals surface area contributed by atoms with Crippen molar-refractivity contribution in [2.45, 2.75) is 20.0 Å². The van der Waals surface area contributed by atoms with Crippen LogP contribution in [0.25, 0.3) is 0 Å². The molecule has 0 saturated heterocycles. The zero-order chi connectivity index (χ0) is 15.2. The van der Waals surface area contributed by atoms with Crippen LogP contribution in [0, 0.1) is 19.7 Å². The molecule has 0 radical (unpaired) electrons. The lowest BCUT2D eigenvalue weighted by atomic mass is 10.2. The van der Waals surface area contributed by atoms with E-state index in [1.807, 2.05) is 38.1 Å². The van der Waals surface area contributed by atoms with E-state index in [1.165, 1.54) is 12.1 Å². The molecule has 2 rings (SSSR count). The third kappa shape index (κ3) is 4.46. The summed E-state index contributed by atoms with van der Waals surface area (Å²) in [4.78, 5) is 0. The van der Waals surface area contributed by atoms with E-state index in [-0.39, 0.29) is 12.4 Å². The van der Waals surface area contributed by atoms with Crippen LogP contribution >= 0.6 is 0 Å². The van der Waals surface area contributed by atoms with E-state index < -0.39 is 6.10 Å². The number of hydrogen-bond acceptors (Lipinski definition) is 3. The number of halogens is 1. The predicted molar refractivity (Wildman–Crippen MR) is 82.3 cm³/mol. The van der Waals surface area contributed by atoms with Crippen LogP contribution in [0.15, 0.2) is 42.5 Å². The quantitative estimate of drug-likeness (QED) is 0.857. The van der Waals surface area contributed by atoms with Gasteiger partial charge in [-0.2, -0.15) is 0 Å². The molecule has 1 unspecified atom stereocenters. The Labute approximate surface area is 124 Å². The molecule has 0 aliphatic carbocycles. The number of benzene rings is 2. The predicted octanol–water partition coefficient (Wildman–Crippen LogP) is 3.29. The van der Waals surface area contributed by atoms with Gasteiger partial charge in [0, 0.05) is 12.2 Å². The largest absolute Gasteiger partial charge is 0.491 e. The number of para-hydroxylation sites is 1. The monoisotopic (exact) mass is 289 g/mol. The number of hydrogen-bond donors (Lipinski definition) is 2. The summed E-state index contributed by atoms with van der Waals surface area (Å²) in [5, 5.41) is 13.0. The van der Waals surface area contributed by atoms with E-state index >= 15 is 0 Å². The van der Waals surface area contributed by atoms with Crippen LogP contribution in [-0.4, -0.2) is 24.4 Å². The molecule has 0 saturated carbocycles. The number of aryl methyl sites for hydroxylation is 2. The molecule has 0 heterocycles. The third-order valence-electron chi connectivity index (χ3n) is 3.25. The maximum absolute atomic E-state index is 13.2. The fourth-order valence-corrected chi connectivity index (χ4v) is 1.98. The summed E-state index contributed by atoms with van der Waals surface area (Å²) in [6.07, 6.45) is -0.674. The Hall–Kier alpha value is -2.07. The van der Waals surface area contributed by atoms with Crippen LogP contribution in [0.3, 0.4) is 0 Å². The highest BCUT2D eigenvalue weighted by Crippen LogP contribution is 2.17. The average molecular weight is 289 g/mol. The van der Waals surface area contributed by atoms with Crippen LogP contribution in [-0.2, 0) is 0 Å². The average Bonchev–Trinajstić information content (AvgIpc) is 2.47. The number of ether oxygens (including phenoxy) is 1. The Morgan fingerprint density at radius 3 is 2.67 bits per heavy atom. The van der Waals surface area contributed by atoms with Gasteiger partial charge in [-0.05, 0) is 43.2 Å².